The number of piperidine rings is 1. The minimum absolute atomic E-state index is 0.0534. The Morgan fingerprint density at radius 3 is 2.56 bits per heavy atom. The zero-order valence-corrected chi connectivity index (χ0v) is 15.0. The van der Waals surface area contributed by atoms with Crippen molar-refractivity contribution < 1.29 is 26.4 Å². The number of halogens is 3. The molecular weight excluding hydrogens is 385 g/mol. The van der Waals surface area contributed by atoms with Crippen molar-refractivity contribution in [1.29, 1.82) is 0 Å². The van der Waals surface area contributed by atoms with Gasteiger partial charge in [0.2, 0.25) is 0 Å². The Balaban J connectivity index is 1.44. The number of sulfonamides is 1. The number of nitrogens with zero attached hydrogens (tertiary/aromatic N) is 4. The molecule has 0 atom stereocenters. The molecule has 27 heavy (non-hydrogen) atoms. The molecule has 0 unspecified atom stereocenters. The highest BCUT2D eigenvalue weighted by Crippen LogP contribution is 2.31. The number of carbonyl (C=O) groups excluding carboxylic acids is 1. The molecule has 1 saturated heterocycles. The van der Waals surface area contributed by atoms with Crippen molar-refractivity contribution in [1.82, 2.24) is 18.6 Å². The third-order valence-corrected chi connectivity index (χ3v) is 6.78. The van der Waals surface area contributed by atoms with Gasteiger partial charge in [0.25, 0.3) is 5.91 Å². The second-order valence-electron chi connectivity index (χ2n) is 6.83. The van der Waals surface area contributed by atoms with Gasteiger partial charge in [0.1, 0.15) is 11.3 Å². The summed E-state index contributed by atoms with van der Waals surface area (Å²) in [6.07, 6.45) is 2.08. The number of hydrogen-bond acceptors (Lipinski definition) is 4. The molecule has 2 aromatic heterocycles. The summed E-state index contributed by atoms with van der Waals surface area (Å²) in [5.41, 5.74) is -3.21. The number of carbonyl (C=O) groups is 1. The number of amides is 1. The van der Waals surface area contributed by atoms with E-state index >= 15 is 0 Å². The van der Waals surface area contributed by atoms with Crippen LogP contribution in [-0.4, -0.2) is 58.1 Å². The molecule has 1 fully saturated rings. The van der Waals surface area contributed by atoms with Crippen molar-refractivity contribution in [2.24, 2.45) is 5.92 Å². The molecule has 2 aliphatic rings. The van der Waals surface area contributed by atoms with Crippen LogP contribution < -0.4 is 0 Å². The van der Waals surface area contributed by atoms with Gasteiger partial charge < -0.3 is 4.90 Å². The third kappa shape index (κ3) is 2.98. The number of alkyl halides is 3. The van der Waals surface area contributed by atoms with Gasteiger partial charge in [0.05, 0.1) is 12.7 Å². The lowest BCUT2D eigenvalue weighted by Crippen LogP contribution is -2.47. The summed E-state index contributed by atoms with van der Waals surface area (Å²) in [6, 6.07) is 5.57. The maximum absolute atomic E-state index is 12.7. The fourth-order valence-electron chi connectivity index (χ4n) is 3.75. The van der Waals surface area contributed by atoms with Crippen LogP contribution in [0.1, 0.15) is 29.0 Å². The Morgan fingerprint density at radius 1 is 1.19 bits per heavy atom. The number of hydrogen-bond donors (Lipinski definition) is 0. The van der Waals surface area contributed by atoms with Gasteiger partial charge in [-0.25, -0.2) is 13.4 Å². The van der Waals surface area contributed by atoms with E-state index in [9.17, 15) is 26.4 Å². The summed E-state index contributed by atoms with van der Waals surface area (Å²) in [5, 5.41) is 0. The molecule has 0 spiro atoms. The molecule has 146 valence electrons. The summed E-state index contributed by atoms with van der Waals surface area (Å²) < 4.78 is 63.3. The van der Waals surface area contributed by atoms with Crippen LogP contribution in [0.5, 0.6) is 0 Å². The summed E-state index contributed by atoms with van der Waals surface area (Å²) in [4.78, 5) is 18.6. The van der Waals surface area contributed by atoms with Gasteiger partial charge in [0.15, 0.2) is 0 Å². The fourth-order valence-corrected chi connectivity index (χ4v) is 4.73. The number of rotatable bonds is 3. The van der Waals surface area contributed by atoms with Crippen LogP contribution >= 0.6 is 0 Å². The second-order valence-corrected chi connectivity index (χ2v) is 8.76. The highest BCUT2D eigenvalue weighted by Gasteiger charge is 2.50. The topological polar surface area (TPSA) is 75.0 Å². The van der Waals surface area contributed by atoms with E-state index in [-0.39, 0.29) is 37.8 Å². The summed E-state index contributed by atoms with van der Waals surface area (Å²) in [7, 11) is -5.28. The molecule has 7 nitrogen and oxygen atoms in total. The van der Waals surface area contributed by atoms with Crippen LogP contribution in [0.25, 0.3) is 5.65 Å². The first-order valence-electron chi connectivity index (χ1n) is 8.49. The predicted molar refractivity (Wildman–Crippen MR) is 89.2 cm³/mol. The van der Waals surface area contributed by atoms with Gasteiger partial charge in [-0.2, -0.15) is 17.5 Å². The number of pyridine rings is 1. The number of imidazole rings is 1. The Morgan fingerprint density at radius 2 is 1.89 bits per heavy atom. The van der Waals surface area contributed by atoms with Gasteiger partial charge in [-0.3, -0.25) is 9.20 Å². The zero-order chi connectivity index (χ0) is 19.4. The normalized spacial score (nSPS) is 19.8. The van der Waals surface area contributed by atoms with E-state index in [0.29, 0.717) is 28.7 Å². The first kappa shape index (κ1) is 18.2. The van der Waals surface area contributed by atoms with E-state index in [1.54, 1.807) is 9.30 Å². The molecule has 2 aliphatic heterocycles. The largest absolute Gasteiger partial charge is 0.511 e. The molecule has 0 aromatic carbocycles. The van der Waals surface area contributed by atoms with Crippen molar-refractivity contribution in [3.8, 4) is 0 Å². The van der Waals surface area contributed by atoms with Crippen LogP contribution in [0.2, 0.25) is 0 Å². The van der Waals surface area contributed by atoms with E-state index in [1.807, 2.05) is 18.2 Å². The average Bonchev–Trinajstić information content (AvgIpc) is 3.05. The van der Waals surface area contributed by atoms with Crippen LogP contribution in [0.15, 0.2) is 24.4 Å². The van der Waals surface area contributed by atoms with Crippen molar-refractivity contribution >= 4 is 21.6 Å². The van der Waals surface area contributed by atoms with Crippen LogP contribution in [0, 0.1) is 5.92 Å². The lowest BCUT2D eigenvalue weighted by atomic mass is 9.97. The van der Waals surface area contributed by atoms with Gasteiger partial charge in [-0.05, 0) is 30.9 Å². The van der Waals surface area contributed by atoms with Crippen LogP contribution in [-0.2, 0) is 16.6 Å². The predicted octanol–water partition coefficient (Wildman–Crippen LogP) is 1.85. The van der Waals surface area contributed by atoms with Crippen LogP contribution in [0.3, 0.4) is 0 Å². The molecule has 4 rings (SSSR count). The molecule has 0 radical (unpaired) electrons. The minimum Gasteiger partial charge on any atom is -0.331 e. The zero-order valence-electron chi connectivity index (χ0n) is 14.2. The summed E-state index contributed by atoms with van der Waals surface area (Å²) in [5.74, 6) is -0.228. The molecule has 1 amide bonds. The fraction of sp³-hybridized carbons (Fsp3) is 0.500. The maximum atomic E-state index is 12.7. The van der Waals surface area contributed by atoms with E-state index < -0.39 is 15.5 Å². The summed E-state index contributed by atoms with van der Waals surface area (Å²) in [6.45, 7) is 0.380. The quantitative estimate of drug-likeness (QED) is 0.785. The first-order chi connectivity index (χ1) is 12.7. The molecule has 0 N–H and O–H groups in total. The Bertz CT molecular complexity index is 994. The van der Waals surface area contributed by atoms with Crippen molar-refractivity contribution in [2.45, 2.75) is 24.9 Å². The summed E-state index contributed by atoms with van der Waals surface area (Å²) >= 11 is 0. The van der Waals surface area contributed by atoms with Gasteiger partial charge in [0, 0.05) is 25.3 Å². The molecule has 11 heteroatoms. The monoisotopic (exact) mass is 402 g/mol. The molecule has 4 heterocycles. The minimum atomic E-state index is -5.28. The Hall–Kier alpha value is -2.14. The molecular formula is C16H17F3N4O3S. The molecule has 0 bridgehead atoms. The van der Waals surface area contributed by atoms with Crippen molar-refractivity contribution in [2.75, 3.05) is 19.6 Å². The first-order valence-corrected chi connectivity index (χ1v) is 9.93. The van der Waals surface area contributed by atoms with Crippen molar-refractivity contribution in [3.63, 3.8) is 0 Å². The van der Waals surface area contributed by atoms with E-state index in [2.05, 4.69) is 4.98 Å². The standard InChI is InChI=1S/C16H17F3N4O3S/c17-16(18,19)27(25,26)22-6-4-11(5-7-22)9-21-10-12-2-1-3-14-20-8-13(15(21)24)23(12)14/h1-3,8,11H,4-7,9-10H2. The van der Waals surface area contributed by atoms with E-state index in [4.69, 9.17) is 0 Å². The molecule has 0 saturated carbocycles. The molecule has 0 aliphatic carbocycles. The lowest BCUT2D eigenvalue weighted by molar-refractivity contribution is -0.0497. The highest BCUT2D eigenvalue weighted by atomic mass is 32.2. The highest BCUT2D eigenvalue weighted by molar-refractivity contribution is 7.90. The van der Waals surface area contributed by atoms with E-state index in [1.165, 1.54) is 6.20 Å². The van der Waals surface area contributed by atoms with Gasteiger partial charge in [-0.15, -0.1) is 0 Å². The maximum Gasteiger partial charge on any atom is 0.511 e. The van der Waals surface area contributed by atoms with E-state index in [0.717, 1.165) is 5.69 Å². The SMILES string of the molecule is O=C1c2cnc3cccc(n23)CN1CC1CCN(S(=O)(=O)C(F)(F)F)CC1. The Kier molecular flexibility index (Phi) is 4.18. The van der Waals surface area contributed by atoms with Crippen molar-refractivity contribution in [3.05, 3.63) is 35.8 Å². The molecule has 2 aromatic rings. The second kappa shape index (κ2) is 6.20. The lowest BCUT2D eigenvalue weighted by Gasteiger charge is -2.35. The Labute approximate surface area is 153 Å². The smallest absolute Gasteiger partial charge is 0.331 e. The third-order valence-electron chi connectivity index (χ3n) is 5.15. The van der Waals surface area contributed by atoms with Gasteiger partial charge in [-0.1, -0.05) is 6.07 Å². The van der Waals surface area contributed by atoms with Crippen LogP contribution in [0.4, 0.5) is 13.2 Å². The average molecular weight is 402 g/mol. The van der Waals surface area contributed by atoms with Gasteiger partial charge >= 0.3 is 15.5 Å². The number of aromatic nitrogens is 2.